The van der Waals surface area contributed by atoms with E-state index >= 15 is 0 Å². The number of methoxy groups -OCH3 is 1. The van der Waals surface area contributed by atoms with Gasteiger partial charge in [-0.1, -0.05) is 25.0 Å². The van der Waals surface area contributed by atoms with Crippen LogP contribution in [0.25, 0.3) is 0 Å². The predicted octanol–water partition coefficient (Wildman–Crippen LogP) is 2.09. The van der Waals surface area contributed by atoms with Crippen LogP contribution >= 0.6 is 0 Å². The Kier molecular flexibility index (Phi) is 4.60. The van der Waals surface area contributed by atoms with Gasteiger partial charge in [-0.3, -0.25) is 4.79 Å². The Balaban J connectivity index is 1.70. The first-order chi connectivity index (χ1) is 11.1. The van der Waals surface area contributed by atoms with Crippen LogP contribution in [-0.4, -0.2) is 44.6 Å². The van der Waals surface area contributed by atoms with Crippen molar-refractivity contribution in [1.82, 2.24) is 0 Å². The van der Waals surface area contributed by atoms with Gasteiger partial charge in [0.25, 0.3) is 0 Å². The van der Waals surface area contributed by atoms with Crippen molar-refractivity contribution in [3.8, 4) is 0 Å². The van der Waals surface area contributed by atoms with Gasteiger partial charge in [0.1, 0.15) is 0 Å². The van der Waals surface area contributed by atoms with Crippen LogP contribution in [0.15, 0.2) is 24.3 Å². The molecule has 23 heavy (non-hydrogen) atoms. The Morgan fingerprint density at radius 1 is 1.26 bits per heavy atom. The van der Waals surface area contributed by atoms with Crippen LogP contribution in [0.3, 0.4) is 0 Å². The summed E-state index contributed by atoms with van der Waals surface area (Å²) < 4.78 is 10.3. The van der Waals surface area contributed by atoms with E-state index in [9.17, 15) is 9.90 Å². The maximum Gasteiger partial charge on any atom is 0.316 e. The van der Waals surface area contributed by atoms with Gasteiger partial charge in [0, 0.05) is 12.2 Å². The monoisotopic (exact) mass is 319 g/mol. The van der Waals surface area contributed by atoms with Gasteiger partial charge in [-0.2, -0.15) is 0 Å². The summed E-state index contributed by atoms with van der Waals surface area (Å²) >= 11 is 0. The highest BCUT2D eigenvalue weighted by molar-refractivity contribution is 5.83. The lowest BCUT2D eigenvalue weighted by Crippen LogP contribution is -2.50. The zero-order valence-corrected chi connectivity index (χ0v) is 13.6. The highest BCUT2D eigenvalue weighted by Gasteiger charge is 2.43. The SMILES string of the molecule is COC(=O)C1(c2ccc(NCC3(CO)COC3)cc2)CCCC1. The van der Waals surface area contributed by atoms with Gasteiger partial charge in [-0.05, 0) is 30.5 Å². The molecule has 2 fully saturated rings. The molecule has 1 aliphatic heterocycles. The number of benzene rings is 1. The molecule has 2 aliphatic rings. The molecule has 0 amide bonds. The molecule has 1 saturated carbocycles. The zero-order chi connectivity index (χ0) is 16.3. The summed E-state index contributed by atoms with van der Waals surface area (Å²) in [4.78, 5) is 12.3. The maximum atomic E-state index is 12.3. The summed E-state index contributed by atoms with van der Waals surface area (Å²) in [5.74, 6) is -0.124. The van der Waals surface area contributed by atoms with Gasteiger partial charge >= 0.3 is 5.97 Å². The minimum absolute atomic E-state index is 0.124. The topological polar surface area (TPSA) is 67.8 Å². The Morgan fingerprint density at radius 3 is 2.39 bits per heavy atom. The van der Waals surface area contributed by atoms with Crippen LogP contribution in [0.4, 0.5) is 5.69 Å². The fourth-order valence-electron chi connectivity index (χ4n) is 3.62. The van der Waals surface area contributed by atoms with Crippen molar-refractivity contribution < 1.29 is 19.4 Å². The minimum atomic E-state index is -0.471. The molecule has 5 heteroatoms. The number of rotatable bonds is 6. The second-order valence-electron chi connectivity index (χ2n) is 6.86. The van der Waals surface area contributed by atoms with Gasteiger partial charge < -0.3 is 19.9 Å². The molecule has 3 rings (SSSR count). The number of hydrogen-bond donors (Lipinski definition) is 2. The molecule has 5 nitrogen and oxygen atoms in total. The van der Waals surface area contributed by atoms with Crippen LogP contribution < -0.4 is 5.32 Å². The van der Waals surface area contributed by atoms with Crippen LogP contribution in [0, 0.1) is 5.41 Å². The average Bonchev–Trinajstić information content (AvgIpc) is 3.05. The van der Waals surface area contributed by atoms with Crippen molar-refractivity contribution in [3.05, 3.63) is 29.8 Å². The zero-order valence-electron chi connectivity index (χ0n) is 13.6. The number of hydrogen-bond acceptors (Lipinski definition) is 5. The first kappa shape index (κ1) is 16.3. The van der Waals surface area contributed by atoms with Crippen molar-refractivity contribution in [1.29, 1.82) is 0 Å². The van der Waals surface area contributed by atoms with E-state index in [1.807, 2.05) is 24.3 Å². The Hall–Kier alpha value is -1.59. The van der Waals surface area contributed by atoms with Crippen LogP contribution in [-0.2, 0) is 19.7 Å². The second-order valence-corrected chi connectivity index (χ2v) is 6.86. The van der Waals surface area contributed by atoms with Gasteiger partial charge in [-0.15, -0.1) is 0 Å². The molecule has 1 heterocycles. The molecule has 0 aromatic heterocycles. The van der Waals surface area contributed by atoms with Crippen LogP contribution in [0.1, 0.15) is 31.2 Å². The number of ether oxygens (including phenoxy) is 2. The molecule has 1 saturated heterocycles. The normalized spacial score (nSPS) is 21.5. The van der Waals surface area contributed by atoms with E-state index in [4.69, 9.17) is 9.47 Å². The standard InChI is InChI=1S/C18H25NO4/c1-22-16(21)18(8-2-3-9-18)14-4-6-15(7-5-14)19-10-17(11-20)12-23-13-17/h4-7,19-20H,2-3,8-13H2,1H3. The maximum absolute atomic E-state index is 12.3. The second kappa shape index (κ2) is 6.49. The van der Waals surface area contributed by atoms with Crippen molar-refractivity contribution in [3.63, 3.8) is 0 Å². The van der Waals surface area contributed by atoms with E-state index in [1.54, 1.807) is 0 Å². The van der Waals surface area contributed by atoms with Gasteiger partial charge in [0.2, 0.25) is 0 Å². The molecular formula is C18H25NO4. The molecule has 126 valence electrons. The third-order valence-corrected chi connectivity index (χ3v) is 5.29. The molecule has 1 aromatic rings. The van der Waals surface area contributed by atoms with Crippen LogP contribution in [0.2, 0.25) is 0 Å². The van der Waals surface area contributed by atoms with Crippen LogP contribution in [0.5, 0.6) is 0 Å². The van der Waals surface area contributed by atoms with Gasteiger partial charge in [0.05, 0.1) is 37.8 Å². The highest BCUT2D eigenvalue weighted by Crippen LogP contribution is 2.42. The van der Waals surface area contributed by atoms with E-state index < -0.39 is 5.41 Å². The van der Waals surface area contributed by atoms with E-state index in [-0.39, 0.29) is 18.0 Å². The van der Waals surface area contributed by atoms with E-state index in [0.29, 0.717) is 19.8 Å². The molecule has 0 radical (unpaired) electrons. The Labute approximate surface area is 137 Å². The Bertz CT molecular complexity index is 539. The number of aliphatic hydroxyl groups excluding tert-OH is 1. The molecule has 0 bridgehead atoms. The molecule has 0 unspecified atom stereocenters. The largest absolute Gasteiger partial charge is 0.468 e. The average molecular weight is 319 g/mol. The fraction of sp³-hybridized carbons (Fsp3) is 0.611. The summed E-state index contributed by atoms with van der Waals surface area (Å²) in [7, 11) is 1.47. The molecule has 0 atom stereocenters. The lowest BCUT2D eigenvalue weighted by molar-refractivity contribution is -0.147. The summed E-state index contributed by atoms with van der Waals surface area (Å²) in [6, 6.07) is 8.05. The number of nitrogens with one attached hydrogen (secondary N) is 1. The summed E-state index contributed by atoms with van der Waals surface area (Å²) in [6.45, 7) is 2.01. The minimum Gasteiger partial charge on any atom is -0.468 e. The van der Waals surface area contributed by atoms with Crippen molar-refractivity contribution in [2.45, 2.75) is 31.1 Å². The molecular weight excluding hydrogens is 294 g/mol. The number of esters is 1. The van der Waals surface area contributed by atoms with E-state index in [0.717, 1.165) is 36.9 Å². The molecule has 0 spiro atoms. The summed E-state index contributed by atoms with van der Waals surface area (Å²) in [6.07, 6.45) is 3.84. The number of carbonyl (C=O) groups excluding carboxylic acids is 1. The Morgan fingerprint density at radius 2 is 1.91 bits per heavy atom. The number of aliphatic hydroxyl groups is 1. The van der Waals surface area contributed by atoms with Crippen molar-refractivity contribution >= 4 is 11.7 Å². The predicted molar refractivity (Wildman–Crippen MR) is 87.4 cm³/mol. The summed E-state index contributed by atoms with van der Waals surface area (Å²) in [5, 5.41) is 12.8. The van der Waals surface area contributed by atoms with E-state index in [1.165, 1.54) is 7.11 Å². The third kappa shape index (κ3) is 2.95. The number of carbonyl (C=O) groups is 1. The van der Waals surface area contributed by atoms with Crippen molar-refractivity contribution in [2.24, 2.45) is 5.41 Å². The lowest BCUT2D eigenvalue weighted by atomic mass is 9.79. The first-order valence-corrected chi connectivity index (χ1v) is 8.26. The highest BCUT2D eigenvalue weighted by atomic mass is 16.5. The molecule has 1 aromatic carbocycles. The van der Waals surface area contributed by atoms with Gasteiger partial charge in [-0.25, -0.2) is 0 Å². The number of anilines is 1. The lowest BCUT2D eigenvalue weighted by Gasteiger charge is -2.40. The van der Waals surface area contributed by atoms with E-state index in [2.05, 4.69) is 5.32 Å². The van der Waals surface area contributed by atoms with Crippen molar-refractivity contribution in [2.75, 3.05) is 38.8 Å². The molecule has 1 aliphatic carbocycles. The summed E-state index contributed by atoms with van der Waals surface area (Å²) in [5.41, 5.74) is 1.40. The smallest absolute Gasteiger partial charge is 0.316 e. The molecule has 2 N–H and O–H groups in total. The quantitative estimate of drug-likeness (QED) is 0.786. The van der Waals surface area contributed by atoms with Gasteiger partial charge in [0.15, 0.2) is 0 Å². The third-order valence-electron chi connectivity index (χ3n) is 5.29. The first-order valence-electron chi connectivity index (χ1n) is 8.26. The fourth-order valence-corrected chi connectivity index (χ4v) is 3.62.